The number of carbonyl (C=O) groups is 1. The van der Waals surface area contributed by atoms with Crippen molar-refractivity contribution in [1.29, 1.82) is 0 Å². The Morgan fingerprint density at radius 3 is 2.69 bits per heavy atom. The molecule has 0 bridgehead atoms. The van der Waals surface area contributed by atoms with Crippen LogP contribution in [0.15, 0.2) is 11.6 Å². The van der Waals surface area contributed by atoms with Crippen LogP contribution in [-0.2, 0) is 9.53 Å². The predicted octanol–water partition coefficient (Wildman–Crippen LogP) is 2.90. The Morgan fingerprint density at radius 2 is 2.15 bits per heavy atom. The van der Waals surface area contributed by atoms with Crippen LogP contribution in [0.5, 0.6) is 0 Å². The molecule has 0 amide bonds. The van der Waals surface area contributed by atoms with Gasteiger partial charge in [-0.25, -0.2) is 4.79 Å². The maximum Gasteiger partial charge on any atom is 0.330 e. The fourth-order valence-electron chi connectivity index (χ4n) is 0.714. The van der Waals surface area contributed by atoms with Crippen LogP contribution in [0.2, 0.25) is 0 Å². The van der Waals surface area contributed by atoms with E-state index in [9.17, 15) is 4.79 Å². The molecule has 0 aliphatic carbocycles. The van der Waals surface area contributed by atoms with Crippen molar-refractivity contribution in [2.24, 2.45) is 0 Å². The van der Waals surface area contributed by atoms with E-state index in [1.165, 1.54) is 0 Å². The third kappa shape index (κ3) is 7.85. The Kier molecular flexibility index (Phi) is 7.80. The summed E-state index contributed by atoms with van der Waals surface area (Å²) in [6, 6.07) is 0. The summed E-state index contributed by atoms with van der Waals surface area (Å²) in [4.78, 5) is 11.0. The monoisotopic (exact) mass is 204 g/mol. The van der Waals surface area contributed by atoms with E-state index in [1.807, 2.05) is 13.8 Å². The lowest BCUT2D eigenvalue weighted by atomic mass is 10.2. The zero-order chi connectivity index (χ0) is 10.1. The van der Waals surface area contributed by atoms with Gasteiger partial charge in [0.2, 0.25) is 0 Å². The highest BCUT2D eigenvalue weighted by Crippen LogP contribution is 1.99. The molecule has 0 saturated carbocycles. The lowest BCUT2D eigenvalue weighted by molar-refractivity contribution is -0.137. The highest BCUT2D eigenvalue weighted by molar-refractivity contribution is 6.17. The number of unbranched alkanes of at least 4 members (excludes halogenated alkanes) is 1. The second-order valence-electron chi connectivity index (χ2n) is 2.91. The Hall–Kier alpha value is -0.500. The minimum Gasteiger partial charge on any atom is -0.463 e. The zero-order valence-corrected chi connectivity index (χ0v) is 9.06. The van der Waals surface area contributed by atoms with Crippen molar-refractivity contribution in [3.63, 3.8) is 0 Å². The molecule has 3 heteroatoms. The van der Waals surface area contributed by atoms with Crippen LogP contribution in [-0.4, -0.2) is 18.5 Å². The summed E-state index contributed by atoms with van der Waals surface area (Å²) in [5.74, 6) is 0.385. The number of halogens is 1. The number of hydrogen-bond donors (Lipinski definition) is 0. The second-order valence-corrected chi connectivity index (χ2v) is 3.29. The van der Waals surface area contributed by atoms with Crippen molar-refractivity contribution in [1.82, 2.24) is 0 Å². The van der Waals surface area contributed by atoms with Gasteiger partial charge in [0, 0.05) is 12.0 Å². The number of esters is 1. The largest absolute Gasteiger partial charge is 0.463 e. The van der Waals surface area contributed by atoms with Gasteiger partial charge < -0.3 is 4.74 Å². The van der Waals surface area contributed by atoms with E-state index in [0.29, 0.717) is 12.5 Å². The molecule has 0 N–H and O–H groups in total. The van der Waals surface area contributed by atoms with Crippen LogP contribution in [0.25, 0.3) is 0 Å². The van der Waals surface area contributed by atoms with E-state index in [0.717, 1.165) is 24.8 Å². The highest BCUT2D eigenvalue weighted by atomic mass is 35.5. The third-order valence-electron chi connectivity index (χ3n) is 1.69. The summed E-state index contributed by atoms with van der Waals surface area (Å²) >= 11 is 5.47. The second kappa shape index (κ2) is 8.11. The Balaban J connectivity index is 3.51. The number of rotatable bonds is 6. The Bertz CT molecular complexity index is 176. The fraction of sp³-hybridized carbons (Fsp3) is 0.700. The molecule has 0 spiro atoms. The molecule has 0 radical (unpaired) electrons. The summed E-state index contributed by atoms with van der Waals surface area (Å²) in [5, 5.41) is 0. The SMILES string of the molecule is CC/C(C)=C/C(=O)OCCCCCl. The predicted molar refractivity (Wildman–Crippen MR) is 55.0 cm³/mol. The van der Waals surface area contributed by atoms with Gasteiger partial charge in [0.25, 0.3) is 0 Å². The molecule has 0 aliphatic heterocycles. The van der Waals surface area contributed by atoms with Crippen molar-refractivity contribution >= 4 is 17.6 Å². The Labute approximate surface area is 84.9 Å². The average Bonchev–Trinajstić information content (AvgIpc) is 2.12. The van der Waals surface area contributed by atoms with Gasteiger partial charge >= 0.3 is 5.97 Å². The number of hydrogen-bond acceptors (Lipinski definition) is 2. The molecule has 0 aliphatic rings. The number of ether oxygens (including phenoxy) is 1. The summed E-state index contributed by atoms with van der Waals surface area (Å²) in [6.07, 6.45) is 4.16. The molecule has 0 aromatic heterocycles. The summed E-state index contributed by atoms with van der Waals surface area (Å²) in [5.41, 5.74) is 1.04. The Morgan fingerprint density at radius 1 is 1.46 bits per heavy atom. The lowest BCUT2D eigenvalue weighted by Gasteiger charge is -2.00. The lowest BCUT2D eigenvalue weighted by Crippen LogP contribution is -2.03. The summed E-state index contributed by atoms with van der Waals surface area (Å²) in [7, 11) is 0. The van der Waals surface area contributed by atoms with Crippen molar-refractivity contribution in [2.45, 2.75) is 33.1 Å². The van der Waals surface area contributed by atoms with Crippen molar-refractivity contribution in [2.75, 3.05) is 12.5 Å². The van der Waals surface area contributed by atoms with Crippen LogP contribution < -0.4 is 0 Å². The normalized spacial score (nSPS) is 11.5. The first-order chi connectivity index (χ1) is 6.20. The maximum absolute atomic E-state index is 11.0. The van der Waals surface area contributed by atoms with Crippen LogP contribution in [0.4, 0.5) is 0 Å². The smallest absolute Gasteiger partial charge is 0.330 e. The van der Waals surface area contributed by atoms with Gasteiger partial charge in [-0.1, -0.05) is 12.5 Å². The fourth-order valence-corrected chi connectivity index (χ4v) is 0.903. The van der Waals surface area contributed by atoms with Crippen LogP contribution in [0.3, 0.4) is 0 Å². The quantitative estimate of drug-likeness (QED) is 0.288. The average molecular weight is 205 g/mol. The van der Waals surface area contributed by atoms with Gasteiger partial charge in [0.05, 0.1) is 6.61 Å². The number of allylic oxidation sites excluding steroid dienone is 1. The van der Waals surface area contributed by atoms with Crippen molar-refractivity contribution < 1.29 is 9.53 Å². The molecule has 2 nitrogen and oxygen atoms in total. The summed E-state index contributed by atoms with van der Waals surface area (Å²) in [6.45, 7) is 4.39. The summed E-state index contributed by atoms with van der Waals surface area (Å²) < 4.78 is 4.94. The van der Waals surface area contributed by atoms with Gasteiger partial charge in [0.15, 0.2) is 0 Å². The molecular weight excluding hydrogens is 188 g/mol. The molecule has 0 saturated heterocycles. The molecule has 0 aromatic carbocycles. The van der Waals surface area contributed by atoms with E-state index >= 15 is 0 Å². The third-order valence-corrected chi connectivity index (χ3v) is 1.96. The first-order valence-corrected chi connectivity index (χ1v) is 5.14. The van der Waals surface area contributed by atoms with Crippen LogP contribution in [0, 0.1) is 0 Å². The standard InChI is InChI=1S/C10H17ClO2/c1-3-9(2)8-10(12)13-7-5-4-6-11/h8H,3-7H2,1-2H3/b9-8+. The molecule has 0 aromatic rings. The zero-order valence-electron chi connectivity index (χ0n) is 8.31. The van der Waals surface area contributed by atoms with E-state index < -0.39 is 0 Å². The van der Waals surface area contributed by atoms with Gasteiger partial charge in [-0.3, -0.25) is 0 Å². The van der Waals surface area contributed by atoms with Gasteiger partial charge in [-0.05, 0) is 26.2 Å². The minimum atomic E-state index is -0.242. The molecule has 0 unspecified atom stereocenters. The topological polar surface area (TPSA) is 26.3 Å². The van der Waals surface area contributed by atoms with E-state index in [-0.39, 0.29) is 5.97 Å². The highest BCUT2D eigenvalue weighted by Gasteiger charge is 1.97. The molecular formula is C10H17ClO2. The van der Waals surface area contributed by atoms with Gasteiger partial charge in [-0.2, -0.15) is 0 Å². The first-order valence-electron chi connectivity index (χ1n) is 4.60. The molecule has 13 heavy (non-hydrogen) atoms. The van der Waals surface area contributed by atoms with Crippen molar-refractivity contribution in [3.8, 4) is 0 Å². The van der Waals surface area contributed by atoms with Gasteiger partial charge in [-0.15, -0.1) is 11.6 Å². The maximum atomic E-state index is 11.0. The minimum absolute atomic E-state index is 0.242. The van der Waals surface area contributed by atoms with E-state index in [2.05, 4.69) is 0 Å². The molecule has 0 fully saturated rings. The molecule has 0 atom stereocenters. The molecule has 0 rings (SSSR count). The molecule has 0 heterocycles. The number of carbonyl (C=O) groups excluding carboxylic acids is 1. The van der Waals surface area contributed by atoms with E-state index in [1.54, 1.807) is 6.08 Å². The van der Waals surface area contributed by atoms with Gasteiger partial charge in [0.1, 0.15) is 0 Å². The number of alkyl halides is 1. The van der Waals surface area contributed by atoms with Crippen LogP contribution in [0.1, 0.15) is 33.1 Å². The van der Waals surface area contributed by atoms with E-state index in [4.69, 9.17) is 16.3 Å². The van der Waals surface area contributed by atoms with Crippen LogP contribution >= 0.6 is 11.6 Å². The first kappa shape index (κ1) is 12.5. The van der Waals surface area contributed by atoms with Crippen molar-refractivity contribution in [3.05, 3.63) is 11.6 Å². The molecule has 76 valence electrons.